The summed E-state index contributed by atoms with van der Waals surface area (Å²) in [5.74, 6) is -0.327. The van der Waals surface area contributed by atoms with Gasteiger partial charge >= 0.3 is 0 Å². The zero-order valence-electron chi connectivity index (χ0n) is 11.3. The first-order valence-electron chi connectivity index (χ1n) is 6.38. The van der Waals surface area contributed by atoms with Gasteiger partial charge in [-0.25, -0.2) is 4.39 Å². The van der Waals surface area contributed by atoms with Crippen LogP contribution in [0.3, 0.4) is 0 Å². The molecule has 2 aromatic carbocycles. The molecule has 0 saturated heterocycles. The van der Waals surface area contributed by atoms with Gasteiger partial charge in [0.05, 0.1) is 6.42 Å². The molecule has 2 N–H and O–H groups in total. The number of nitrogens with zero attached hydrogens (tertiary/aromatic N) is 1. The van der Waals surface area contributed by atoms with Gasteiger partial charge in [-0.2, -0.15) is 0 Å². The second-order valence-electron chi connectivity index (χ2n) is 4.75. The van der Waals surface area contributed by atoms with Crippen LogP contribution in [0.25, 0.3) is 0 Å². The predicted octanol–water partition coefficient (Wildman–Crippen LogP) is 2.61. The third-order valence-electron chi connectivity index (χ3n) is 3.16. The average Bonchev–Trinajstić information content (AvgIpc) is 2.44. The molecule has 0 atom stereocenters. The molecule has 20 heavy (non-hydrogen) atoms. The van der Waals surface area contributed by atoms with Crippen LogP contribution in [0.5, 0.6) is 0 Å². The van der Waals surface area contributed by atoms with E-state index in [1.54, 1.807) is 24.1 Å². The lowest BCUT2D eigenvalue weighted by Gasteiger charge is -2.18. The Balaban J connectivity index is 1.99. The van der Waals surface area contributed by atoms with Crippen molar-refractivity contribution in [2.45, 2.75) is 13.0 Å². The quantitative estimate of drug-likeness (QED) is 0.870. The molecule has 0 unspecified atom stereocenters. The monoisotopic (exact) mass is 272 g/mol. The van der Waals surface area contributed by atoms with E-state index in [1.807, 2.05) is 24.3 Å². The summed E-state index contributed by atoms with van der Waals surface area (Å²) < 4.78 is 12.8. The van der Waals surface area contributed by atoms with E-state index in [4.69, 9.17) is 5.73 Å². The highest BCUT2D eigenvalue weighted by Gasteiger charge is 2.11. The summed E-state index contributed by atoms with van der Waals surface area (Å²) in [6, 6.07) is 13.4. The smallest absolute Gasteiger partial charge is 0.227 e. The Kier molecular flexibility index (Phi) is 4.35. The molecule has 0 aromatic heterocycles. The molecule has 0 fully saturated rings. The molecule has 0 radical (unpaired) electrons. The highest BCUT2D eigenvalue weighted by Crippen LogP contribution is 2.13. The highest BCUT2D eigenvalue weighted by molar-refractivity contribution is 5.78. The molecule has 2 aromatic rings. The topological polar surface area (TPSA) is 46.3 Å². The van der Waals surface area contributed by atoms with Crippen molar-refractivity contribution in [1.29, 1.82) is 0 Å². The molecule has 1 amide bonds. The maximum atomic E-state index is 12.8. The van der Waals surface area contributed by atoms with Gasteiger partial charge in [-0.1, -0.05) is 30.3 Å². The number of amides is 1. The van der Waals surface area contributed by atoms with Gasteiger partial charge in [0.2, 0.25) is 5.91 Å². The van der Waals surface area contributed by atoms with Crippen LogP contribution >= 0.6 is 0 Å². The third-order valence-corrected chi connectivity index (χ3v) is 3.16. The Labute approximate surface area is 117 Å². The number of hydrogen-bond acceptors (Lipinski definition) is 2. The normalized spacial score (nSPS) is 10.3. The van der Waals surface area contributed by atoms with Crippen LogP contribution in [0.2, 0.25) is 0 Å². The van der Waals surface area contributed by atoms with Crippen molar-refractivity contribution in [3.8, 4) is 0 Å². The Hall–Kier alpha value is -2.36. The Morgan fingerprint density at radius 2 is 1.80 bits per heavy atom. The van der Waals surface area contributed by atoms with E-state index in [1.165, 1.54) is 12.1 Å². The maximum Gasteiger partial charge on any atom is 0.227 e. The molecule has 3 nitrogen and oxygen atoms in total. The van der Waals surface area contributed by atoms with Crippen molar-refractivity contribution in [2.24, 2.45) is 0 Å². The molecular weight excluding hydrogens is 255 g/mol. The van der Waals surface area contributed by atoms with E-state index in [0.717, 1.165) is 11.1 Å². The number of nitrogens with two attached hydrogens (primary N) is 1. The van der Waals surface area contributed by atoms with Crippen LogP contribution in [0.4, 0.5) is 10.1 Å². The van der Waals surface area contributed by atoms with Gasteiger partial charge in [-0.15, -0.1) is 0 Å². The van der Waals surface area contributed by atoms with Gasteiger partial charge in [-0.05, 0) is 29.3 Å². The lowest BCUT2D eigenvalue weighted by Crippen LogP contribution is -2.28. The van der Waals surface area contributed by atoms with Crippen LogP contribution in [-0.2, 0) is 17.8 Å². The number of rotatable bonds is 4. The van der Waals surface area contributed by atoms with Crippen LogP contribution in [0.15, 0.2) is 48.5 Å². The Bertz CT molecular complexity index is 596. The first-order valence-corrected chi connectivity index (χ1v) is 6.38. The molecule has 4 heteroatoms. The number of para-hydroxylation sites is 1. The number of anilines is 1. The summed E-state index contributed by atoms with van der Waals surface area (Å²) in [5, 5.41) is 0. The summed E-state index contributed by atoms with van der Waals surface area (Å²) in [6.45, 7) is 0.465. The number of benzene rings is 2. The predicted molar refractivity (Wildman–Crippen MR) is 77.4 cm³/mol. The lowest BCUT2D eigenvalue weighted by molar-refractivity contribution is -0.129. The van der Waals surface area contributed by atoms with Crippen LogP contribution in [0.1, 0.15) is 11.1 Å². The summed E-state index contributed by atoms with van der Waals surface area (Å²) in [6.07, 6.45) is 0.253. The van der Waals surface area contributed by atoms with Crippen LogP contribution in [0, 0.1) is 5.82 Å². The standard InChI is InChI=1S/C16H17FN2O/c1-19(11-13-4-2-3-5-15(13)18)16(20)10-12-6-8-14(17)9-7-12/h2-9H,10-11,18H2,1H3. The Morgan fingerprint density at radius 1 is 1.15 bits per heavy atom. The second kappa shape index (κ2) is 6.19. The summed E-state index contributed by atoms with van der Waals surface area (Å²) >= 11 is 0. The molecule has 0 aliphatic rings. The van der Waals surface area contributed by atoms with Gasteiger partial charge in [0.1, 0.15) is 5.82 Å². The number of nitrogen functional groups attached to an aromatic ring is 1. The molecular formula is C16H17FN2O. The second-order valence-corrected chi connectivity index (χ2v) is 4.75. The molecule has 0 aliphatic carbocycles. The van der Waals surface area contributed by atoms with E-state index in [-0.39, 0.29) is 18.1 Å². The fraction of sp³-hybridized carbons (Fsp3) is 0.188. The van der Waals surface area contributed by atoms with Gasteiger partial charge in [0.25, 0.3) is 0 Å². The SMILES string of the molecule is CN(Cc1ccccc1N)C(=O)Cc1ccc(F)cc1. The number of likely N-dealkylation sites (N-methyl/N-ethyl adjacent to an activating group) is 1. The maximum absolute atomic E-state index is 12.8. The molecule has 2 rings (SSSR count). The van der Waals surface area contributed by atoms with E-state index >= 15 is 0 Å². The molecule has 0 bridgehead atoms. The summed E-state index contributed by atoms with van der Waals surface area (Å²) in [7, 11) is 1.73. The first-order chi connectivity index (χ1) is 9.56. The minimum absolute atomic E-state index is 0.0279. The molecule has 0 saturated carbocycles. The van der Waals surface area contributed by atoms with Crippen molar-refractivity contribution in [2.75, 3.05) is 12.8 Å². The van der Waals surface area contributed by atoms with Crippen molar-refractivity contribution in [3.63, 3.8) is 0 Å². The Morgan fingerprint density at radius 3 is 2.45 bits per heavy atom. The average molecular weight is 272 g/mol. The molecule has 0 spiro atoms. The van der Waals surface area contributed by atoms with Crippen molar-refractivity contribution >= 4 is 11.6 Å². The molecule has 0 heterocycles. The fourth-order valence-corrected chi connectivity index (χ4v) is 1.93. The highest BCUT2D eigenvalue weighted by atomic mass is 19.1. The number of halogens is 1. The number of carbonyl (C=O) groups excluding carboxylic acids is 1. The van der Waals surface area contributed by atoms with E-state index in [0.29, 0.717) is 12.2 Å². The van der Waals surface area contributed by atoms with E-state index < -0.39 is 0 Å². The number of hydrogen-bond donors (Lipinski definition) is 1. The lowest BCUT2D eigenvalue weighted by atomic mass is 10.1. The first kappa shape index (κ1) is 14.1. The van der Waals surface area contributed by atoms with Gasteiger partial charge in [-0.3, -0.25) is 4.79 Å². The van der Waals surface area contributed by atoms with Crippen LogP contribution in [-0.4, -0.2) is 17.9 Å². The van der Waals surface area contributed by atoms with Crippen molar-refractivity contribution in [3.05, 3.63) is 65.5 Å². The third kappa shape index (κ3) is 3.57. The van der Waals surface area contributed by atoms with Crippen LogP contribution < -0.4 is 5.73 Å². The zero-order chi connectivity index (χ0) is 14.5. The largest absolute Gasteiger partial charge is 0.398 e. The van der Waals surface area contributed by atoms with E-state index in [9.17, 15) is 9.18 Å². The van der Waals surface area contributed by atoms with E-state index in [2.05, 4.69) is 0 Å². The van der Waals surface area contributed by atoms with Gasteiger partial charge in [0.15, 0.2) is 0 Å². The van der Waals surface area contributed by atoms with Gasteiger partial charge < -0.3 is 10.6 Å². The van der Waals surface area contributed by atoms with Gasteiger partial charge in [0, 0.05) is 19.3 Å². The minimum Gasteiger partial charge on any atom is -0.398 e. The summed E-state index contributed by atoms with van der Waals surface area (Å²) in [4.78, 5) is 13.7. The zero-order valence-corrected chi connectivity index (χ0v) is 11.3. The molecule has 104 valence electrons. The summed E-state index contributed by atoms with van der Waals surface area (Å²) in [5.41, 5.74) is 8.25. The molecule has 0 aliphatic heterocycles. The fourth-order valence-electron chi connectivity index (χ4n) is 1.93. The minimum atomic E-state index is -0.299. The van der Waals surface area contributed by atoms with Crippen molar-refractivity contribution < 1.29 is 9.18 Å². The number of carbonyl (C=O) groups is 1. The van der Waals surface area contributed by atoms with Crippen molar-refractivity contribution in [1.82, 2.24) is 4.90 Å².